The summed E-state index contributed by atoms with van der Waals surface area (Å²) in [6.07, 6.45) is 2.53. The third-order valence-corrected chi connectivity index (χ3v) is 6.26. The number of rotatable bonds is 8. The van der Waals surface area contributed by atoms with Gasteiger partial charge in [0, 0.05) is 19.4 Å². The number of carbonyl (C=O) groups excluding carboxylic acids is 1. The van der Waals surface area contributed by atoms with E-state index in [0.29, 0.717) is 18.3 Å². The zero-order valence-electron chi connectivity index (χ0n) is 18.5. The summed E-state index contributed by atoms with van der Waals surface area (Å²) in [5.74, 6) is 1.84. The normalized spacial score (nSPS) is 15.9. The standard InChI is InChI=1S/C28H31NO2/c1-20-15-22(17-29-18-23-11-13-26(30)16-23)12-14-28(20)31-19-25-9-6-10-27(21(25)2)24-7-4-3-5-8-24/h3-10,12,14-15,23,29H,11,13,16-19H2,1-2H3. The van der Waals surface area contributed by atoms with E-state index in [0.717, 1.165) is 43.7 Å². The van der Waals surface area contributed by atoms with Crippen LogP contribution in [0, 0.1) is 19.8 Å². The van der Waals surface area contributed by atoms with Gasteiger partial charge < -0.3 is 10.1 Å². The van der Waals surface area contributed by atoms with Crippen molar-refractivity contribution >= 4 is 5.78 Å². The zero-order chi connectivity index (χ0) is 21.6. The predicted octanol–water partition coefficient (Wildman–Crippen LogP) is 6.01. The molecule has 1 unspecified atom stereocenters. The van der Waals surface area contributed by atoms with E-state index in [1.165, 1.54) is 27.8 Å². The first kappa shape index (κ1) is 21.3. The van der Waals surface area contributed by atoms with Crippen LogP contribution < -0.4 is 10.1 Å². The number of ketones is 1. The van der Waals surface area contributed by atoms with E-state index in [1.54, 1.807) is 0 Å². The van der Waals surface area contributed by atoms with E-state index in [-0.39, 0.29) is 0 Å². The summed E-state index contributed by atoms with van der Waals surface area (Å²) < 4.78 is 6.19. The Morgan fingerprint density at radius 3 is 2.58 bits per heavy atom. The summed E-state index contributed by atoms with van der Waals surface area (Å²) in [6, 6.07) is 23.3. The molecule has 1 atom stereocenters. The minimum Gasteiger partial charge on any atom is -0.489 e. The van der Waals surface area contributed by atoms with Crippen molar-refractivity contribution < 1.29 is 9.53 Å². The fraction of sp³-hybridized carbons (Fsp3) is 0.321. The molecule has 0 heterocycles. The van der Waals surface area contributed by atoms with Crippen molar-refractivity contribution in [1.82, 2.24) is 5.32 Å². The van der Waals surface area contributed by atoms with Gasteiger partial charge in [0.1, 0.15) is 18.1 Å². The van der Waals surface area contributed by atoms with Crippen LogP contribution in [0.1, 0.15) is 41.5 Å². The van der Waals surface area contributed by atoms with Crippen LogP contribution in [0.15, 0.2) is 66.7 Å². The van der Waals surface area contributed by atoms with Crippen molar-refractivity contribution in [3.05, 3.63) is 89.0 Å². The SMILES string of the molecule is Cc1cc(CNCC2CCC(=O)C2)ccc1OCc1cccc(-c2ccccc2)c1C. The Balaban J connectivity index is 1.35. The molecule has 0 bridgehead atoms. The van der Waals surface area contributed by atoms with E-state index in [1.807, 2.05) is 6.07 Å². The minimum atomic E-state index is 0.411. The molecule has 3 heteroatoms. The maximum Gasteiger partial charge on any atom is 0.133 e. The molecular formula is C28H31NO2. The van der Waals surface area contributed by atoms with Crippen molar-refractivity contribution in [2.75, 3.05) is 6.54 Å². The molecule has 0 aliphatic heterocycles. The van der Waals surface area contributed by atoms with Gasteiger partial charge >= 0.3 is 0 Å². The summed E-state index contributed by atoms with van der Waals surface area (Å²) in [7, 11) is 0. The van der Waals surface area contributed by atoms with Gasteiger partial charge in [-0.3, -0.25) is 4.79 Å². The number of ether oxygens (including phenoxy) is 1. The van der Waals surface area contributed by atoms with Crippen LogP contribution in [0.25, 0.3) is 11.1 Å². The Morgan fingerprint density at radius 1 is 1.00 bits per heavy atom. The largest absolute Gasteiger partial charge is 0.489 e. The van der Waals surface area contributed by atoms with Gasteiger partial charge in [-0.2, -0.15) is 0 Å². The zero-order valence-corrected chi connectivity index (χ0v) is 18.5. The van der Waals surface area contributed by atoms with E-state index in [2.05, 4.69) is 79.8 Å². The molecular weight excluding hydrogens is 382 g/mol. The predicted molar refractivity (Wildman–Crippen MR) is 126 cm³/mol. The molecule has 3 aromatic rings. The van der Waals surface area contributed by atoms with Crippen molar-refractivity contribution in [2.45, 2.75) is 46.3 Å². The fourth-order valence-electron chi connectivity index (χ4n) is 4.40. The van der Waals surface area contributed by atoms with Crippen LogP contribution >= 0.6 is 0 Å². The van der Waals surface area contributed by atoms with Gasteiger partial charge in [0.05, 0.1) is 0 Å². The van der Waals surface area contributed by atoms with Gasteiger partial charge in [-0.05, 0) is 72.2 Å². The quantitative estimate of drug-likeness (QED) is 0.492. The number of nitrogens with one attached hydrogen (secondary N) is 1. The van der Waals surface area contributed by atoms with Gasteiger partial charge in [-0.25, -0.2) is 0 Å². The van der Waals surface area contributed by atoms with Crippen molar-refractivity contribution in [1.29, 1.82) is 0 Å². The first-order valence-corrected chi connectivity index (χ1v) is 11.2. The molecule has 4 rings (SSSR count). The van der Waals surface area contributed by atoms with E-state index in [4.69, 9.17) is 4.74 Å². The Kier molecular flexibility index (Phi) is 6.83. The maximum atomic E-state index is 11.4. The molecule has 1 fully saturated rings. The Bertz CT molecular complexity index is 1040. The lowest BCUT2D eigenvalue weighted by Crippen LogP contribution is -2.21. The Morgan fingerprint density at radius 2 is 1.84 bits per heavy atom. The Hall–Kier alpha value is -2.91. The van der Waals surface area contributed by atoms with Crippen LogP contribution in [0.5, 0.6) is 5.75 Å². The van der Waals surface area contributed by atoms with Crippen molar-refractivity contribution in [3.8, 4) is 16.9 Å². The summed E-state index contributed by atoms with van der Waals surface area (Å²) >= 11 is 0. The number of carbonyl (C=O) groups is 1. The van der Waals surface area contributed by atoms with Gasteiger partial charge in [0.2, 0.25) is 0 Å². The summed E-state index contributed by atoms with van der Waals surface area (Å²) in [5, 5.41) is 3.50. The summed E-state index contributed by atoms with van der Waals surface area (Å²) in [4.78, 5) is 11.4. The molecule has 1 N–H and O–H groups in total. The fourth-order valence-corrected chi connectivity index (χ4v) is 4.40. The highest BCUT2D eigenvalue weighted by Crippen LogP contribution is 2.27. The van der Waals surface area contributed by atoms with Crippen LogP contribution in [0.3, 0.4) is 0 Å². The van der Waals surface area contributed by atoms with Gasteiger partial charge in [-0.1, -0.05) is 60.7 Å². The monoisotopic (exact) mass is 413 g/mol. The number of benzene rings is 3. The molecule has 0 spiro atoms. The molecule has 0 radical (unpaired) electrons. The third kappa shape index (κ3) is 5.42. The first-order valence-electron chi connectivity index (χ1n) is 11.2. The second-order valence-electron chi connectivity index (χ2n) is 8.62. The van der Waals surface area contributed by atoms with Crippen LogP contribution in [0.2, 0.25) is 0 Å². The van der Waals surface area contributed by atoms with Gasteiger partial charge in [0.25, 0.3) is 0 Å². The van der Waals surface area contributed by atoms with Crippen molar-refractivity contribution in [3.63, 3.8) is 0 Å². The van der Waals surface area contributed by atoms with Crippen molar-refractivity contribution in [2.24, 2.45) is 5.92 Å². The number of aryl methyl sites for hydroxylation is 1. The van der Waals surface area contributed by atoms with Gasteiger partial charge in [-0.15, -0.1) is 0 Å². The third-order valence-electron chi connectivity index (χ3n) is 6.26. The molecule has 160 valence electrons. The lowest BCUT2D eigenvalue weighted by atomic mass is 9.97. The highest BCUT2D eigenvalue weighted by Gasteiger charge is 2.21. The lowest BCUT2D eigenvalue weighted by Gasteiger charge is -2.15. The molecule has 1 saturated carbocycles. The molecule has 0 saturated heterocycles. The topological polar surface area (TPSA) is 38.3 Å². The minimum absolute atomic E-state index is 0.411. The van der Waals surface area contributed by atoms with Crippen LogP contribution in [0.4, 0.5) is 0 Å². The number of Topliss-reactive ketones (excluding diaryl/α,β-unsaturated/α-hetero) is 1. The number of hydrogen-bond acceptors (Lipinski definition) is 3. The first-order chi connectivity index (χ1) is 15.1. The molecule has 31 heavy (non-hydrogen) atoms. The molecule has 3 aromatic carbocycles. The lowest BCUT2D eigenvalue weighted by molar-refractivity contribution is -0.117. The second kappa shape index (κ2) is 9.93. The molecule has 1 aliphatic carbocycles. The molecule has 3 nitrogen and oxygen atoms in total. The summed E-state index contributed by atoms with van der Waals surface area (Å²) in [6.45, 7) is 6.56. The van der Waals surface area contributed by atoms with E-state index in [9.17, 15) is 4.79 Å². The smallest absolute Gasteiger partial charge is 0.133 e. The van der Waals surface area contributed by atoms with E-state index >= 15 is 0 Å². The second-order valence-corrected chi connectivity index (χ2v) is 8.62. The molecule has 0 amide bonds. The maximum absolute atomic E-state index is 11.4. The average Bonchev–Trinajstić information content (AvgIpc) is 3.19. The highest BCUT2D eigenvalue weighted by molar-refractivity contribution is 5.80. The van der Waals surface area contributed by atoms with E-state index < -0.39 is 0 Å². The highest BCUT2D eigenvalue weighted by atomic mass is 16.5. The number of hydrogen-bond donors (Lipinski definition) is 1. The average molecular weight is 414 g/mol. The molecule has 1 aliphatic rings. The van der Waals surface area contributed by atoms with Crippen LogP contribution in [-0.4, -0.2) is 12.3 Å². The Labute approximate surface area is 185 Å². The summed E-state index contributed by atoms with van der Waals surface area (Å²) in [5.41, 5.74) is 7.35. The van der Waals surface area contributed by atoms with Crippen LogP contribution in [-0.2, 0) is 17.9 Å². The van der Waals surface area contributed by atoms with Gasteiger partial charge in [0.15, 0.2) is 0 Å². The molecule has 0 aromatic heterocycles.